The van der Waals surface area contributed by atoms with Crippen LogP contribution in [-0.2, 0) is 4.79 Å². The first kappa shape index (κ1) is 21.4. The second-order valence-electron chi connectivity index (χ2n) is 7.83. The summed E-state index contributed by atoms with van der Waals surface area (Å²) in [5, 5.41) is 3.63. The predicted molar refractivity (Wildman–Crippen MR) is 117 cm³/mol. The van der Waals surface area contributed by atoms with Gasteiger partial charge in [0.1, 0.15) is 0 Å². The number of pyridine rings is 1. The number of halogens is 1. The SMILES string of the molecule is Cc1noc(-c2ncc(F)c3c(C(=O)C(=O)N4CCN(C(=O)c5ccccc5)CC4)c[nH]c23)n1. The summed E-state index contributed by atoms with van der Waals surface area (Å²) >= 11 is 0. The lowest BCUT2D eigenvalue weighted by molar-refractivity contribution is -0.127. The number of benzene rings is 1. The van der Waals surface area contributed by atoms with Crippen molar-refractivity contribution >= 4 is 28.5 Å². The molecule has 1 saturated heterocycles. The Hall–Kier alpha value is -4.41. The Labute approximate surface area is 192 Å². The summed E-state index contributed by atoms with van der Waals surface area (Å²) in [5.41, 5.74) is 0.809. The van der Waals surface area contributed by atoms with Crippen molar-refractivity contribution in [2.75, 3.05) is 26.2 Å². The van der Waals surface area contributed by atoms with Crippen LogP contribution >= 0.6 is 0 Å². The average Bonchev–Trinajstić information content (AvgIpc) is 3.51. The van der Waals surface area contributed by atoms with Crippen molar-refractivity contribution in [1.29, 1.82) is 0 Å². The third-order valence-electron chi connectivity index (χ3n) is 5.71. The molecule has 1 N–H and O–H groups in total. The van der Waals surface area contributed by atoms with Gasteiger partial charge in [-0.05, 0) is 19.1 Å². The van der Waals surface area contributed by atoms with Gasteiger partial charge in [-0.25, -0.2) is 9.37 Å². The molecule has 0 aliphatic carbocycles. The van der Waals surface area contributed by atoms with E-state index < -0.39 is 17.5 Å². The molecule has 1 aromatic carbocycles. The van der Waals surface area contributed by atoms with E-state index in [0.29, 0.717) is 24.5 Å². The van der Waals surface area contributed by atoms with E-state index in [9.17, 15) is 18.8 Å². The first-order valence-corrected chi connectivity index (χ1v) is 10.6. The fourth-order valence-corrected chi connectivity index (χ4v) is 3.98. The topological polar surface area (TPSA) is 125 Å². The molecule has 11 heteroatoms. The molecule has 0 radical (unpaired) electrons. The van der Waals surface area contributed by atoms with Crippen LogP contribution in [-0.4, -0.2) is 73.7 Å². The minimum absolute atomic E-state index is 0.0638. The number of aryl methyl sites for hydroxylation is 1. The number of aromatic nitrogens is 4. The first-order valence-electron chi connectivity index (χ1n) is 10.6. The van der Waals surface area contributed by atoms with E-state index in [-0.39, 0.29) is 47.0 Å². The van der Waals surface area contributed by atoms with Crippen LogP contribution < -0.4 is 0 Å². The Morgan fingerprint density at radius 3 is 2.44 bits per heavy atom. The number of fused-ring (bicyclic) bond motifs is 1. The molecule has 0 spiro atoms. The Balaban J connectivity index is 1.35. The summed E-state index contributed by atoms with van der Waals surface area (Å²) in [6.07, 6.45) is 2.22. The van der Waals surface area contributed by atoms with Gasteiger partial charge in [0.25, 0.3) is 23.5 Å². The van der Waals surface area contributed by atoms with Crippen LogP contribution in [0, 0.1) is 12.7 Å². The number of hydrogen-bond acceptors (Lipinski definition) is 7. The fraction of sp³-hybridized carbons (Fsp3) is 0.217. The van der Waals surface area contributed by atoms with Crippen molar-refractivity contribution < 1.29 is 23.3 Å². The van der Waals surface area contributed by atoms with Crippen molar-refractivity contribution in [1.82, 2.24) is 29.9 Å². The molecular weight excluding hydrogens is 443 g/mol. The number of Topliss-reactive ketones (excluding diaryl/α,β-unsaturated/α-hetero) is 1. The molecule has 3 aromatic heterocycles. The predicted octanol–water partition coefficient (Wildman–Crippen LogP) is 2.23. The van der Waals surface area contributed by atoms with Crippen LogP contribution in [0.3, 0.4) is 0 Å². The van der Waals surface area contributed by atoms with E-state index in [4.69, 9.17) is 4.52 Å². The number of amides is 2. The molecule has 2 amide bonds. The van der Waals surface area contributed by atoms with E-state index >= 15 is 0 Å². The Bertz CT molecular complexity index is 1410. The second kappa shape index (κ2) is 8.50. The maximum Gasteiger partial charge on any atom is 0.295 e. The highest BCUT2D eigenvalue weighted by Crippen LogP contribution is 2.29. The van der Waals surface area contributed by atoms with Crippen LogP contribution in [0.5, 0.6) is 0 Å². The molecular formula is C23H19FN6O4. The zero-order valence-corrected chi connectivity index (χ0v) is 18.1. The van der Waals surface area contributed by atoms with Crippen molar-refractivity contribution in [3.8, 4) is 11.6 Å². The number of nitrogens with one attached hydrogen (secondary N) is 1. The minimum atomic E-state index is -0.855. The monoisotopic (exact) mass is 462 g/mol. The van der Waals surface area contributed by atoms with Gasteiger partial charge < -0.3 is 19.3 Å². The standard InChI is InChI=1S/C23H19FN6O4/c1-13-27-21(34-28-13)19-18-17(16(24)12-26-19)15(11-25-18)20(31)23(33)30-9-7-29(8-10-30)22(32)14-5-3-2-4-6-14/h2-6,11-12,25H,7-10H2,1H3. The first-order chi connectivity index (χ1) is 16.4. The Morgan fingerprint density at radius 1 is 1.06 bits per heavy atom. The van der Waals surface area contributed by atoms with Gasteiger partial charge in [0.15, 0.2) is 17.3 Å². The number of hydrogen-bond donors (Lipinski definition) is 1. The molecule has 0 bridgehead atoms. The number of rotatable bonds is 4. The van der Waals surface area contributed by atoms with Gasteiger partial charge in [-0.1, -0.05) is 23.4 Å². The summed E-state index contributed by atoms with van der Waals surface area (Å²) in [6, 6.07) is 8.86. The van der Waals surface area contributed by atoms with Crippen LogP contribution in [0.25, 0.3) is 22.5 Å². The van der Waals surface area contributed by atoms with Gasteiger partial charge in [-0.15, -0.1) is 0 Å². The summed E-state index contributed by atoms with van der Waals surface area (Å²) in [4.78, 5) is 52.5. The number of carbonyl (C=O) groups is 3. The van der Waals surface area contributed by atoms with Crippen molar-refractivity contribution in [3.63, 3.8) is 0 Å². The Kier molecular flexibility index (Phi) is 5.36. The van der Waals surface area contributed by atoms with Gasteiger partial charge in [0.05, 0.1) is 22.7 Å². The number of ketones is 1. The lowest BCUT2D eigenvalue weighted by Crippen LogP contribution is -2.52. The third-order valence-corrected chi connectivity index (χ3v) is 5.71. The van der Waals surface area contributed by atoms with Gasteiger partial charge in [-0.3, -0.25) is 14.4 Å². The van der Waals surface area contributed by atoms with E-state index in [0.717, 1.165) is 6.20 Å². The van der Waals surface area contributed by atoms with Gasteiger partial charge in [-0.2, -0.15) is 4.98 Å². The fourth-order valence-electron chi connectivity index (χ4n) is 3.98. The summed E-state index contributed by atoms with van der Waals surface area (Å²) in [7, 11) is 0. The molecule has 4 heterocycles. The van der Waals surface area contributed by atoms with Crippen LogP contribution in [0.15, 0.2) is 47.2 Å². The maximum absolute atomic E-state index is 14.7. The van der Waals surface area contributed by atoms with Crippen molar-refractivity contribution in [2.45, 2.75) is 6.92 Å². The number of piperazine rings is 1. The van der Waals surface area contributed by atoms with Gasteiger partial charge in [0.2, 0.25) is 0 Å². The molecule has 1 fully saturated rings. The summed E-state index contributed by atoms with van der Waals surface area (Å²) < 4.78 is 19.8. The molecule has 1 aliphatic heterocycles. The van der Waals surface area contributed by atoms with Gasteiger partial charge in [0, 0.05) is 37.9 Å². The molecule has 0 atom stereocenters. The van der Waals surface area contributed by atoms with E-state index in [1.807, 2.05) is 6.07 Å². The molecule has 0 saturated carbocycles. The van der Waals surface area contributed by atoms with Crippen LogP contribution in [0.1, 0.15) is 26.5 Å². The molecule has 4 aromatic rings. The molecule has 5 rings (SSSR count). The number of carbonyl (C=O) groups excluding carboxylic acids is 3. The van der Waals surface area contributed by atoms with Gasteiger partial charge >= 0.3 is 0 Å². The van der Waals surface area contributed by atoms with E-state index in [2.05, 4.69) is 20.1 Å². The molecule has 172 valence electrons. The lowest BCUT2D eigenvalue weighted by atomic mass is 10.1. The van der Waals surface area contributed by atoms with E-state index in [1.165, 1.54) is 11.1 Å². The smallest absolute Gasteiger partial charge is 0.295 e. The molecule has 10 nitrogen and oxygen atoms in total. The highest BCUT2D eigenvalue weighted by molar-refractivity contribution is 6.45. The second-order valence-corrected chi connectivity index (χ2v) is 7.83. The van der Waals surface area contributed by atoms with E-state index in [1.54, 1.807) is 36.1 Å². The minimum Gasteiger partial charge on any atom is -0.358 e. The number of H-pyrrole nitrogens is 1. The van der Waals surface area contributed by atoms with Crippen molar-refractivity contribution in [3.05, 3.63) is 65.5 Å². The number of aromatic amines is 1. The molecule has 34 heavy (non-hydrogen) atoms. The average molecular weight is 462 g/mol. The summed E-state index contributed by atoms with van der Waals surface area (Å²) in [5.74, 6) is -2.07. The third kappa shape index (κ3) is 3.70. The van der Waals surface area contributed by atoms with Crippen LogP contribution in [0.2, 0.25) is 0 Å². The van der Waals surface area contributed by atoms with Crippen LogP contribution in [0.4, 0.5) is 4.39 Å². The number of nitrogens with zero attached hydrogens (tertiary/aromatic N) is 5. The largest absolute Gasteiger partial charge is 0.358 e. The lowest BCUT2D eigenvalue weighted by Gasteiger charge is -2.34. The Morgan fingerprint density at radius 2 is 1.76 bits per heavy atom. The van der Waals surface area contributed by atoms with Crippen molar-refractivity contribution in [2.24, 2.45) is 0 Å². The molecule has 1 aliphatic rings. The summed E-state index contributed by atoms with van der Waals surface area (Å²) in [6.45, 7) is 2.60. The maximum atomic E-state index is 14.7. The zero-order valence-electron chi connectivity index (χ0n) is 18.1. The molecule has 0 unspecified atom stereocenters. The zero-order chi connectivity index (χ0) is 23.8. The quantitative estimate of drug-likeness (QED) is 0.364. The highest BCUT2D eigenvalue weighted by atomic mass is 19.1. The highest BCUT2D eigenvalue weighted by Gasteiger charge is 2.31. The normalized spacial score (nSPS) is 13.9.